The molecule has 0 aliphatic carbocycles. The average molecular weight is 398 g/mol. The molecule has 0 spiro atoms. The summed E-state index contributed by atoms with van der Waals surface area (Å²) in [5, 5.41) is 0. The van der Waals surface area contributed by atoms with E-state index in [1.807, 2.05) is 0 Å². The highest BCUT2D eigenvalue weighted by atomic mass is 32.2. The zero-order valence-electron chi connectivity index (χ0n) is 14.9. The lowest BCUT2D eigenvalue weighted by Crippen LogP contribution is -2.35. The number of benzene rings is 2. The van der Waals surface area contributed by atoms with Crippen molar-refractivity contribution in [3.05, 3.63) is 53.6 Å². The van der Waals surface area contributed by atoms with Gasteiger partial charge in [0.15, 0.2) is 11.5 Å². The first-order valence-electron chi connectivity index (χ1n) is 8.28. The van der Waals surface area contributed by atoms with Crippen LogP contribution in [0.25, 0.3) is 0 Å². The van der Waals surface area contributed by atoms with E-state index >= 15 is 0 Å². The van der Waals surface area contributed by atoms with Gasteiger partial charge in [-0.25, -0.2) is 21.9 Å². The molecule has 2 aromatic carbocycles. The fraction of sp³-hybridized carbons (Fsp3) is 0.333. The lowest BCUT2D eigenvalue weighted by molar-refractivity contribution is 0.171. The van der Waals surface area contributed by atoms with Gasteiger partial charge in [-0.2, -0.15) is 0 Å². The molecule has 0 fully saturated rings. The van der Waals surface area contributed by atoms with Gasteiger partial charge in [-0.15, -0.1) is 0 Å². The maximum absolute atomic E-state index is 14.1. The summed E-state index contributed by atoms with van der Waals surface area (Å²) in [4.78, 5) is 1.67. The maximum Gasteiger partial charge on any atom is 0.240 e. The molecule has 0 bridgehead atoms. The van der Waals surface area contributed by atoms with Crippen LogP contribution in [0.4, 0.5) is 8.78 Å². The van der Waals surface area contributed by atoms with E-state index in [2.05, 4.69) is 4.72 Å². The second kappa shape index (κ2) is 7.79. The summed E-state index contributed by atoms with van der Waals surface area (Å²) in [5.74, 6) is -0.574. The first kappa shape index (κ1) is 19.5. The first-order valence-corrected chi connectivity index (χ1v) is 9.77. The molecular formula is C18H20F2N2O4S. The molecule has 1 atom stereocenters. The molecule has 1 aliphatic rings. The summed E-state index contributed by atoms with van der Waals surface area (Å²) >= 11 is 0. The number of hydrogen-bond donors (Lipinski definition) is 1. The molecule has 3 rings (SSSR count). The highest BCUT2D eigenvalue weighted by Gasteiger charge is 2.24. The number of rotatable bonds is 6. The van der Waals surface area contributed by atoms with Gasteiger partial charge in [-0.1, -0.05) is 6.07 Å². The van der Waals surface area contributed by atoms with Crippen molar-refractivity contribution in [3.63, 3.8) is 0 Å². The van der Waals surface area contributed by atoms with E-state index in [4.69, 9.17) is 9.47 Å². The van der Waals surface area contributed by atoms with Gasteiger partial charge in [0.25, 0.3) is 0 Å². The predicted octanol–water partition coefficient (Wildman–Crippen LogP) is 2.32. The second-order valence-corrected chi connectivity index (χ2v) is 8.07. The summed E-state index contributed by atoms with van der Waals surface area (Å²) in [5.41, 5.74) is 0.200. The second-order valence-electron chi connectivity index (χ2n) is 6.30. The molecule has 1 heterocycles. The van der Waals surface area contributed by atoms with Crippen LogP contribution in [-0.2, 0) is 10.0 Å². The Morgan fingerprint density at radius 1 is 1.07 bits per heavy atom. The molecular weight excluding hydrogens is 378 g/mol. The van der Waals surface area contributed by atoms with Crippen LogP contribution in [0, 0.1) is 11.6 Å². The Bertz CT molecular complexity index is 935. The topological polar surface area (TPSA) is 67.9 Å². The minimum Gasteiger partial charge on any atom is -0.486 e. The lowest BCUT2D eigenvalue weighted by Gasteiger charge is -2.25. The Morgan fingerprint density at radius 2 is 1.78 bits per heavy atom. The fourth-order valence-electron chi connectivity index (χ4n) is 2.81. The van der Waals surface area contributed by atoms with Gasteiger partial charge >= 0.3 is 0 Å². The fourth-order valence-corrected chi connectivity index (χ4v) is 3.86. The lowest BCUT2D eigenvalue weighted by atomic mass is 10.1. The van der Waals surface area contributed by atoms with Crippen LogP contribution in [0.15, 0.2) is 41.3 Å². The van der Waals surface area contributed by atoms with Crippen LogP contribution in [0.1, 0.15) is 11.6 Å². The number of ether oxygens (including phenoxy) is 2. The molecule has 1 aliphatic heterocycles. The summed E-state index contributed by atoms with van der Waals surface area (Å²) in [6, 6.07) is 6.96. The van der Waals surface area contributed by atoms with E-state index in [-0.39, 0.29) is 17.0 Å². The molecule has 0 saturated heterocycles. The third kappa shape index (κ3) is 4.37. The van der Waals surface area contributed by atoms with Crippen molar-refractivity contribution < 1.29 is 26.7 Å². The summed E-state index contributed by atoms with van der Waals surface area (Å²) < 4.78 is 65.8. The Morgan fingerprint density at radius 3 is 2.44 bits per heavy atom. The van der Waals surface area contributed by atoms with Gasteiger partial charge < -0.3 is 14.4 Å². The van der Waals surface area contributed by atoms with Crippen molar-refractivity contribution in [2.75, 3.05) is 33.9 Å². The van der Waals surface area contributed by atoms with Crippen molar-refractivity contribution in [1.29, 1.82) is 0 Å². The molecule has 9 heteroatoms. The Labute approximate surface area is 156 Å². The van der Waals surface area contributed by atoms with Crippen LogP contribution in [0.3, 0.4) is 0 Å². The SMILES string of the molecule is CN(C)[C@H](CNS(=O)(=O)c1ccc2c(c1)OCCO2)c1ccc(F)cc1F. The molecule has 1 N–H and O–H groups in total. The summed E-state index contributed by atoms with van der Waals surface area (Å²) in [7, 11) is -0.487. The van der Waals surface area contributed by atoms with Crippen molar-refractivity contribution in [2.24, 2.45) is 0 Å². The van der Waals surface area contributed by atoms with E-state index in [0.29, 0.717) is 24.7 Å². The molecule has 146 valence electrons. The molecule has 0 aromatic heterocycles. The number of halogens is 2. The van der Waals surface area contributed by atoms with Gasteiger partial charge in [-0.3, -0.25) is 0 Å². The smallest absolute Gasteiger partial charge is 0.240 e. The minimum atomic E-state index is -3.86. The van der Waals surface area contributed by atoms with Gasteiger partial charge in [0.05, 0.1) is 10.9 Å². The first-order chi connectivity index (χ1) is 12.8. The number of sulfonamides is 1. The highest BCUT2D eigenvalue weighted by Crippen LogP contribution is 2.32. The van der Waals surface area contributed by atoms with Crippen LogP contribution < -0.4 is 14.2 Å². The van der Waals surface area contributed by atoms with Crippen LogP contribution >= 0.6 is 0 Å². The van der Waals surface area contributed by atoms with E-state index in [1.165, 1.54) is 24.3 Å². The molecule has 0 saturated carbocycles. The molecule has 0 radical (unpaired) electrons. The van der Waals surface area contributed by atoms with Crippen molar-refractivity contribution in [3.8, 4) is 11.5 Å². The van der Waals surface area contributed by atoms with Crippen molar-refractivity contribution >= 4 is 10.0 Å². The third-order valence-electron chi connectivity index (χ3n) is 4.24. The number of nitrogens with one attached hydrogen (secondary N) is 1. The molecule has 27 heavy (non-hydrogen) atoms. The van der Waals surface area contributed by atoms with Gasteiger partial charge in [0.1, 0.15) is 24.8 Å². The third-order valence-corrected chi connectivity index (χ3v) is 5.66. The maximum atomic E-state index is 14.1. The Balaban J connectivity index is 1.80. The standard InChI is InChI=1S/C18H20F2N2O4S/c1-22(2)16(14-5-3-12(19)9-15(14)20)11-21-27(23,24)13-4-6-17-18(10-13)26-8-7-25-17/h3-6,9-10,16,21H,7-8,11H2,1-2H3/t16-/m1/s1. The molecule has 0 unspecified atom stereocenters. The van der Waals surface area contributed by atoms with Crippen LogP contribution in [0.2, 0.25) is 0 Å². The molecule has 6 nitrogen and oxygen atoms in total. The van der Waals surface area contributed by atoms with E-state index in [1.54, 1.807) is 19.0 Å². The monoisotopic (exact) mass is 398 g/mol. The predicted molar refractivity (Wildman–Crippen MR) is 95.4 cm³/mol. The summed E-state index contributed by atoms with van der Waals surface area (Å²) in [6.07, 6.45) is 0. The van der Waals surface area contributed by atoms with E-state index in [0.717, 1.165) is 12.1 Å². The quantitative estimate of drug-likeness (QED) is 0.809. The largest absolute Gasteiger partial charge is 0.486 e. The molecule has 0 amide bonds. The highest BCUT2D eigenvalue weighted by molar-refractivity contribution is 7.89. The van der Waals surface area contributed by atoms with Crippen LogP contribution in [-0.4, -0.2) is 47.2 Å². The number of fused-ring (bicyclic) bond motifs is 1. The van der Waals surface area contributed by atoms with E-state index < -0.39 is 27.7 Å². The number of nitrogens with zero attached hydrogens (tertiary/aromatic N) is 1. The zero-order valence-corrected chi connectivity index (χ0v) is 15.7. The van der Waals surface area contributed by atoms with Gasteiger partial charge in [-0.05, 0) is 32.3 Å². The Hall–Kier alpha value is -2.23. The number of likely N-dealkylation sites (N-methyl/N-ethyl adjacent to an activating group) is 1. The van der Waals surface area contributed by atoms with E-state index in [9.17, 15) is 17.2 Å². The summed E-state index contributed by atoms with van der Waals surface area (Å²) in [6.45, 7) is 0.661. The van der Waals surface area contributed by atoms with Crippen LogP contribution in [0.5, 0.6) is 11.5 Å². The number of hydrogen-bond acceptors (Lipinski definition) is 5. The molecule has 2 aromatic rings. The van der Waals surface area contributed by atoms with Crippen molar-refractivity contribution in [1.82, 2.24) is 9.62 Å². The van der Waals surface area contributed by atoms with Gasteiger partial charge in [0.2, 0.25) is 10.0 Å². The van der Waals surface area contributed by atoms with Crippen molar-refractivity contribution in [2.45, 2.75) is 10.9 Å². The Kier molecular flexibility index (Phi) is 5.64. The average Bonchev–Trinajstić information content (AvgIpc) is 2.62. The minimum absolute atomic E-state index is 0.0174. The zero-order chi connectivity index (χ0) is 19.6. The van der Waals surface area contributed by atoms with Gasteiger partial charge in [0, 0.05) is 24.2 Å². The normalized spacial score (nSPS) is 15.0.